The summed E-state index contributed by atoms with van der Waals surface area (Å²) in [7, 11) is -9.05. The van der Waals surface area contributed by atoms with Gasteiger partial charge in [0.2, 0.25) is 0 Å². The fourth-order valence-electron chi connectivity index (χ4n) is 1.78. The molecule has 0 aromatic carbocycles. The maximum atomic E-state index is 12.9. The minimum Gasteiger partial charge on any atom is -0.278 e. The summed E-state index contributed by atoms with van der Waals surface area (Å²) >= 11 is 0. The molecule has 2 aliphatic heterocycles. The SMILES string of the molecule is CC1OP(=O)(F)OC1CC1OP(=O)(F)OC1C. The first-order chi connectivity index (χ1) is 7.69. The van der Waals surface area contributed by atoms with Crippen molar-refractivity contribution in [3.8, 4) is 0 Å². The van der Waals surface area contributed by atoms with Gasteiger partial charge in [0.1, 0.15) is 0 Å². The normalized spacial score (nSPS) is 55.3. The monoisotopic (exact) mass is 292 g/mol. The first-order valence-electron chi connectivity index (χ1n) is 5.01. The Morgan fingerprint density at radius 3 is 1.47 bits per heavy atom. The molecule has 0 aromatic rings. The third kappa shape index (κ3) is 3.13. The fraction of sp³-hybridized carbons (Fsp3) is 1.00. The molecule has 2 fully saturated rings. The molecular formula is C7H12F2O6P2. The van der Waals surface area contributed by atoms with Gasteiger partial charge in [0, 0.05) is 6.42 Å². The van der Waals surface area contributed by atoms with E-state index in [9.17, 15) is 17.5 Å². The van der Waals surface area contributed by atoms with Gasteiger partial charge in [-0.25, -0.2) is 9.13 Å². The highest BCUT2D eigenvalue weighted by atomic mass is 31.2. The van der Waals surface area contributed by atoms with Crippen LogP contribution in [0, 0.1) is 0 Å². The van der Waals surface area contributed by atoms with Gasteiger partial charge >= 0.3 is 15.8 Å². The molecule has 6 atom stereocenters. The molecule has 2 rings (SSSR count). The summed E-state index contributed by atoms with van der Waals surface area (Å²) in [6, 6.07) is 0. The van der Waals surface area contributed by atoms with Gasteiger partial charge in [-0.3, -0.25) is 18.1 Å². The lowest BCUT2D eigenvalue weighted by Crippen LogP contribution is -2.29. The van der Waals surface area contributed by atoms with E-state index in [2.05, 4.69) is 18.1 Å². The summed E-state index contributed by atoms with van der Waals surface area (Å²) in [6.07, 6.45) is -3.20. The molecule has 2 heterocycles. The van der Waals surface area contributed by atoms with Crippen LogP contribution >= 0.6 is 15.8 Å². The van der Waals surface area contributed by atoms with Crippen LogP contribution in [-0.4, -0.2) is 24.4 Å². The van der Waals surface area contributed by atoms with Crippen LogP contribution in [0.2, 0.25) is 0 Å². The van der Waals surface area contributed by atoms with Crippen molar-refractivity contribution in [2.24, 2.45) is 0 Å². The van der Waals surface area contributed by atoms with Crippen LogP contribution < -0.4 is 0 Å². The minimum atomic E-state index is -4.52. The summed E-state index contributed by atoms with van der Waals surface area (Å²) in [4.78, 5) is 0. The second-order valence-corrected chi connectivity index (χ2v) is 6.57. The van der Waals surface area contributed by atoms with E-state index >= 15 is 0 Å². The summed E-state index contributed by atoms with van der Waals surface area (Å²) in [5.74, 6) is 0. The molecule has 6 unspecified atom stereocenters. The van der Waals surface area contributed by atoms with Gasteiger partial charge in [-0.1, -0.05) is 0 Å². The van der Waals surface area contributed by atoms with Crippen LogP contribution in [0.3, 0.4) is 0 Å². The van der Waals surface area contributed by atoms with Gasteiger partial charge in [-0.15, -0.1) is 8.39 Å². The van der Waals surface area contributed by atoms with Gasteiger partial charge in [0.15, 0.2) is 0 Å². The molecule has 10 heteroatoms. The number of hydrogen-bond acceptors (Lipinski definition) is 6. The van der Waals surface area contributed by atoms with Gasteiger partial charge in [0.25, 0.3) is 0 Å². The predicted molar refractivity (Wildman–Crippen MR) is 52.9 cm³/mol. The molecule has 0 spiro atoms. The van der Waals surface area contributed by atoms with Crippen molar-refractivity contribution in [3.05, 3.63) is 0 Å². The van der Waals surface area contributed by atoms with Crippen LogP contribution in [-0.2, 0) is 27.2 Å². The largest absolute Gasteiger partial charge is 0.513 e. The van der Waals surface area contributed by atoms with Crippen molar-refractivity contribution in [3.63, 3.8) is 0 Å². The molecule has 0 aromatic heterocycles. The van der Waals surface area contributed by atoms with Crippen molar-refractivity contribution in [2.75, 3.05) is 0 Å². The Labute approximate surface area is 96.9 Å². The molecule has 0 aliphatic carbocycles. The summed E-state index contributed by atoms with van der Waals surface area (Å²) in [5, 5.41) is 0. The lowest BCUT2D eigenvalue weighted by Gasteiger charge is -2.16. The average Bonchev–Trinajstić information content (AvgIpc) is 2.50. The van der Waals surface area contributed by atoms with E-state index in [1.165, 1.54) is 13.8 Å². The fourth-order valence-corrected chi connectivity index (χ4v) is 4.10. The number of hydrogen-bond donors (Lipinski definition) is 0. The van der Waals surface area contributed by atoms with E-state index in [1.54, 1.807) is 0 Å². The summed E-state index contributed by atoms with van der Waals surface area (Å²) in [5.41, 5.74) is 0. The zero-order valence-electron chi connectivity index (χ0n) is 9.12. The van der Waals surface area contributed by atoms with E-state index in [0.717, 1.165) is 0 Å². The van der Waals surface area contributed by atoms with Crippen LogP contribution in [0.15, 0.2) is 0 Å². The Bertz CT molecular complexity index is 368. The molecule has 100 valence electrons. The molecule has 0 N–H and O–H groups in total. The maximum Gasteiger partial charge on any atom is 0.513 e. The van der Waals surface area contributed by atoms with Crippen LogP contribution in [0.5, 0.6) is 0 Å². The Kier molecular flexibility index (Phi) is 3.49. The molecular weight excluding hydrogens is 280 g/mol. The molecule has 0 radical (unpaired) electrons. The first kappa shape index (κ1) is 13.6. The second-order valence-electron chi connectivity index (χ2n) is 4.01. The van der Waals surface area contributed by atoms with Crippen LogP contribution in [0.4, 0.5) is 8.39 Å². The first-order valence-corrected chi connectivity index (χ1v) is 7.88. The quantitative estimate of drug-likeness (QED) is 0.728. The predicted octanol–water partition coefficient (Wildman–Crippen LogP) is 3.14. The zero-order valence-corrected chi connectivity index (χ0v) is 10.9. The van der Waals surface area contributed by atoms with E-state index < -0.39 is 40.2 Å². The average molecular weight is 292 g/mol. The van der Waals surface area contributed by atoms with E-state index in [1.807, 2.05) is 0 Å². The molecule has 2 saturated heterocycles. The number of rotatable bonds is 2. The highest BCUT2D eigenvalue weighted by Crippen LogP contribution is 2.61. The lowest BCUT2D eigenvalue weighted by atomic mass is 10.0. The van der Waals surface area contributed by atoms with Crippen molar-refractivity contribution in [1.82, 2.24) is 0 Å². The third-order valence-electron chi connectivity index (χ3n) is 2.62. The second kappa shape index (κ2) is 4.37. The topological polar surface area (TPSA) is 71.1 Å². The van der Waals surface area contributed by atoms with Crippen LogP contribution in [0.25, 0.3) is 0 Å². The molecule has 6 nitrogen and oxygen atoms in total. The van der Waals surface area contributed by atoms with Gasteiger partial charge < -0.3 is 0 Å². The van der Waals surface area contributed by atoms with E-state index in [0.29, 0.717) is 0 Å². The Morgan fingerprint density at radius 1 is 0.882 bits per heavy atom. The molecule has 0 saturated carbocycles. The highest BCUT2D eigenvalue weighted by molar-refractivity contribution is 7.48. The lowest BCUT2D eigenvalue weighted by molar-refractivity contribution is 0.0836. The Balaban J connectivity index is 1.99. The van der Waals surface area contributed by atoms with Gasteiger partial charge in [-0.05, 0) is 13.8 Å². The third-order valence-corrected chi connectivity index (χ3v) is 4.83. The van der Waals surface area contributed by atoms with Gasteiger partial charge in [-0.2, -0.15) is 0 Å². The van der Waals surface area contributed by atoms with Crippen molar-refractivity contribution in [1.29, 1.82) is 0 Å². The molecule has 17 heavy (non-hydrogen) atoms. The van der Waals surface area contributed by atoms with Crippen molar-refractivity contribution in [2.45, 2.75) is 44.7 Å². The molecule has 2 aliphatic rings. The summed E-state index contributed by atoms with van der Waals surface area (Å²) < 4.78 is 65.7. The minimum absolute atomic E-state index is 0.00977. The summed E-state index contributed by atoms with van der Waals surface area (Å²) in [6.45, 7) is 2.94. The highest BCUT2D eigenvalue weighted by Gasteiger charge is 2.49. The van der Waals surface area contributed by atoms with E-state index in [4.69, 9.17) is 0 Å². The number of halogens is 2. The van der Waals surface area contributed by atoms with Crippen molar-refractivity contribution >= 4 is 15.8 Å². The zero-order chi connectivity index (χ0) is 12.8. The Morgan fingerprint density at radius 2 is 1.24 bits per heavy atom. The van der Waals surface area contributed by atoms with Crippen molar-refractivity contribution < 1.29 is 35.6 Å². The standard InChI is InChI=1S/C7H12F2O6P2/c1-4-6(14-16(8,10)12-4)3-7-5(2)13-17(9,11)15-7/h4-7H,3H2,1-2H3. The van der Waals surface area contributed by atoms with E-state index in [-0.39, 0.29) is 6.42 Å². The maximum absolute atomic E-state index is 12.9. The molecule has 0 bridgehead atoms. The smallest absolute Gasteiger partial charge is 0.278 e. The van der Waals surface area contributed by atoms with Crippen LogP contribution in [0.1, 0.15) is 20.3 Å². The van der Waals surface area contributed by atoms with Gasteiger partial charge in [0.05, 0.1) is 24.4 Å². The molecule has 0 amide bonds. The Hall–Kier alpha value is 0.160.